The topological polar surface area (TPSA) is 62.3 Å². The van der Waals surface area contributed by atoms with Gasteiger partial charge in [-0.25, -0.2) is 4.98 Å². The van der Waals surface area contributed by atoms with Crippen molar-refractivity contribution in [2.75, 3.05) is 11.9 Å². The molecule has 3 heterocycles. The van der Waals surface area contributed by atoms with Gasteiger partial charge in [-0.3, -0.25) is 9.59 Å². The van der Waals surface area contributed by atoms with E-state index in [4.69, 9.17) is 0 Å². The molecule has 1 fully saturated rings. The Balaban J connectivity index is 1.41. The minimum absolute atomic E-state index is 0.0849. The number of anilines is 1. The number of aromatic nitrogens is 1. The van der Waals surface area contributed by atoms with Crippen molar-refractivity contribution in [3.8, 4) is 0 Å². The van der Waals surface area contributed by atoms with Crippen LogP contribution < -0.4 is 5.32 Å². The molecule has 0 atom stereocenters. The Morgan fingerprint density at radius 2 is 2.26 bits per heavy atom. The third kappa shape index (κ3) is 3.30. The van der Waals surface area contributed by atoms with E-state index in [0.29, 0.717) is 24.6 Å². The van der Waals surface area contributed by atoms with E-state index >= 15 is 0 Å². The molecule has 0 radical (unpaired) electrons. The van der Waals surface area contributed by atoms with Crippen molar-refractivity contribution in [3.05, 3.63) is 33.0 Å². The molecule has 4 rings (SSSR count). The second kappa shape index (κ2) is 6.05. The Kier molecular flexibility index (Phi) is 3.90. The lowest BCUT2D eigenvalue weighted by atomic mass is 10.1. The van der Waals surface area contributed by atoms with Crippen LogP contribution in [0.1, 0.15) is 28.3 Å². The van der Waals surface area contributed by atoms with Gasteiger partial charge in [0, 0.05) is 28.6 Å². The Labute approximate surface area is 142 Å². The summed E-state index contributed by atoms with van der Waals surface area (Å²) in [5, 5.41) is 5.58. The van der Waals surface area contributed by atoms with Crippen LogP contribution in [-0.4, -0.2) is 28.2 Å². The minimum Gasteiger partial charge on any atom is -0.337 e. The number of rotatable bonds is 4. The van der Waals surface area contributed by atoms with Crippen LogP contribution in [0.2, 0.25) is 0 Å². The van der Waals surface area contributed by atoms with Gasteiger partial charge in [-0.05, 0) is 24.3 Å². The fourth-order valence-corrected chi connectivity index (χ4v) is 4.41. The summed E-state index contributed by atoms with van der Waals surface area (Å²) in [7, 11) is 0. The highest BCUT2D eigenvalue weighted by molar-refractivity contribution is 7.15. The third-order valence-corrected chi connectivity index (χ3v) is 6.04. The Bertz CT molecular complexity index is 735. The van der Waals surface area contributed by atoms with E-state index in [1.807, 2.05) is 22.4 Å². The van der Waals surface area contributed by atoms with Crippen LogP contribution in [0.25, 0.3) is 0 Å². The number of hydrogen-bond donors (Lipinski definition) is 1. The molecular weight excluding hydrogens is 330 g/mol. The van der Waals surface area contributed by atoms with Crippen molar-refractivity contribution in [1.82, 2.24) is 9.88 Å². The molecule has 1 aliphatic heterocycles. The summed E-state index contributed by atoms with van der Waals surface area (Å²) in [6, 6.07) is 3.97. The number of thiazole rings is 1. The Morgan fingerprint density at radius 1 is 1.39 bits per heavy atom. The number of carbonyl (C=O) groups excluding carboxylic acids is 2. The molecule has 0 unspecified atom stereocenters. The van der Waals surface area contributed by atoms with E-state index in [0.717, 1.165) is 34.7 Å². The average molecular weight is 347 g/mol. The van der Waals surface area contributed by atoms with Gasteiger partial charge in [0.2, 0.25) is 11.8 Å². The van der Waals surface area contributed by atoms with Gasteiger partial charge in [0.25, 0.3) is 0 Å². The molecule has 5 nitrogen and oxygen atoms in total. The third-order valence-electron chi connectivity index (χ3n) is 4.17. The summed E-state index contributed by atoms with van der Waals surface area (Å²) >= 11 is 3.12. The fourth-order valence-electron chi connectivity index (χ4n) is 2.69. The number of hydrogen-bond acceptors (Lipinski definition) is 5. The smallest absolute Gasteiger partial charge is 0.229 e. The van der Waals surface area contributed by atoms with Gasteiger partial charge in [-0.15, -0.1) is 11.3 Å². The van der Waals surface area contributed by atoms with Crippen molar-refractivity contribution < 1.29 is 9.59 Å². The first kappa shape index (κ1) is 14.8. The van der Waals surface area contributed by atoms with Crippen LogP contribution in [-0.2, 0) is 29.0 Å². The summed E-state index contributed by atoms with van der Waals surface area (Å²) in [6.07, 6.45) is 3.21. The molecule has 0 saturated heterocycles. The van der Waals surface area contributed by atoms with Gasteiger partial charge in [0.1, 0.15) is 0 Å². The quantitative estimate of drug-likeness (QED) is 0.925. The van der Waals surface area contributed by atoms with E-state index in [-0.39, 0.29) is 17.7 Å². The van der Waals surface area contributed by atoms with E-state index in [2.05, 4.69) is 10.3 Å². The minimum atomic E-state index is 0.0849. The zero-order valence-electron chi connectivity index (χ0n) is 12.6. The summed E-state index contributed by atoms with van der Waals surface area (Å²) in [5.74, 6) is 0.427. The van der Waals surface area contributed by atoms with Gasteiger partial charge < -0.3 is 10.2 Å². The van der Waals surface area contributed by atoms with Crippen LogP contribution in [0.15, 0.2) is 17.5 Å². The Morgan fingerprint density at radius 3 is 3.00 bits per heavy atom. The second-order valence-corrected chi connectivity index (χ2v) is 8.09. The normalized spacial score (nSPS) is 17.0. The molecule has 0 spiro atoms. The van der Waals surface area contributed by atoms with Gasteiger partial charge in [-0.2, -0.15) is 0 Å². The predicted octanol–water partition coefficient (Wildman–Crippen LogP) is 2.68. The molecule has 23 heavy (non-hydrogen) atoms. The van der Waals surface area contributed by atoms with Gasteiger partial charge >= 0.3 is 0 Å². The predicted molar refractivity (Wildman–Crippen MR) is 90.6 cm³/mol. The number of nitrogens with one attached hydrogen (secondary N) is 1. The van der Waals surface area contributed by atoms with E-state index in [1.54, 1.807) is 11.3 Å². The van der Waals surface area contributed by atoms with Crippen molar-refractivity contribution in [3.63, 3.8) is 0 Å². The standard InChI is InChI=1S/C16H17N3O2S2/c20-14(8-11-2-1-7-22-11)19-6-5-12-13(9-19)23-16(17-12)18-15(21)10-3-4-10/h1-2,7,10H,3-6,8-9H2,(H,17,18,21). The molecule has 120 valence electrons. The lowest BCUT2D eigenvalue weighted by Crippen LogP contribution is -2.36. The number of nitrogens with zero attached hydrogens (tertiary/aromatic N) is 2. The molecule has 1 N–H and O–H groups in total. The van der Waals surface area contributed by atoms with Gasteiger partial charge in [-0.1, -0.05) is 17.4 Å². The van der Waals surface area contributed by atoms with Crippen LogP contribution in [0.4, 0.5) is 5.13 Å². The summed E-state index contributed by atoms with van der Waals surface area (Å²) in [6.45, 7) is 1.31. The van der Waals surface area contributed by atoms with E-state index < -0.39 is 0 Å². The molecule has 2 aromatic rings. The van der Waals surface area contributed by atoms with E-state index in [9.17, 15) is 9.59 Å². The highest BCUT2D eigenvalue weighted by Crippen LogP contribution is 2.33. The van der Waals surface area contributed by atoms with Crippen LogP contribution in [0.3, 0.4) is 0 Å². The Hall–Kier alpha value is -1.73. The second-order valence-electron chi connectivity index (χ2n) is 5.97. The van der Waals surface area contributed by atoms with Crippen molar-refractivity contribution in [1.29, 1.82) is 0 Å². The maximum absolute atomic E-state index is 12.4. The zero-order chi connectivity index (χ0) is 15.8. The molecule has 7 heteroatoms. The molecule has 0 aromatic carbocycles. The average Bonchev–Trinajstić information content (AvgIpc) is 3.13. The lowest BCUT2D eigenvalue weighted by molar-refractivity contribution is -0.131. The summed E-state index contributed by atoms with van der Waals surface area (Å²) in [4.78, 5) is 32.8. The summed E-state index contributed by atoms with van der Waals surface area (Å²) < 4.78 is 0. The molecule has 0 bridgehead atoms. The molecule has 2 amide bonds. The molecule has 2 aliphatic rings. The fraction of sp³-hybridized carbons (Fsp3) is 0.438. The monoisotopic (exact) mass is 347 g/mol. The molecular formula is C16H17N3O2S2. The molecule has 1 aliphatic carbocycles. The number of thiophene rings is 1. The van der Waals surface area contributed by atoms with Crippen molar-refractivity contribution in [2.45, 2.75) is 32.2 Å². The van der Waals surface area contributed by atoms with Crippen molar-refractivity contribution >= 4 is 39.6 Å². The largest absolute Gasteiger partial charge is 0.337 e. The van der Waals surface area contributed by atoms with Gasteiger partial charge in [0.15, 0.2) is 5.13 Å². The van der Waals surface area contributed by atoms with Crippen LogP contribution in [0.5, 0.6) is 0 Å². The van der Waals surface area contributed by atoms with Crippen molar-refractivity contribution in [2.24, 2.45) is 5.92 Å². The maximum atomic E-state index is 12.4. The van der Waals surface area contributed by atoms with Crippen LogP contribution >= 0.6 is 22.7 Å². The number of carbonyl (C=O) groups is 2. The maximum Gasteiger partial charge on any atom is 0.229 e. The SMILES string of the molecule is O=C(Nc1nc2c(s1)CN(C(=O)Cc1cccs1)CC2)C1CC1. The first-order valence-corrected chi connectivity index (χ1v) is 9.48. The number of amides is 2. The first-order valence-electron chi connectivity index (χ1n) is 7.78. The zero-order valence-corrected chi connectivity index (χ0v) is 14.2. The molecule has 1 saturated carbocycles. The first-order chi connectivity index (χ1) is 11.2. The summed E-state index contributed by atoms with van der Waals surface area (Å²) in [5.41, 5.74) is 1.03. The highest BCUT2D eigenvalue weighted by atomic mass is 32.1. The van der Waals surface area contributed by atoms with Crippen LogP contribution in [0, 0.1) is 5.92 Å². The van der Waals surface area contributed by atoms with Gasteiger partial charge in [0.05, 0.1) is 18.7 Å². The highest BCUT2D eigenvalue weighted by Gasteiger charge is 2.31. The molecule has 2 aromatic heterocycles. The number of fused-ring (bicyclic) bond motifs is 1. The van der Waals surface area contributed by atoms with E-state index in [1.165, 1.54) is 11.3 Å². The lowest BCUT2D eigenvalue weighted by Gasteiger charge is -2.25.